The van der Waals surface area contributed by atoms with Gasteiger partial charge in [-0.05, 0) is 24.3 Å². The third-order valence-corrected chi connectivity index (χ3v) is 2.87. The van der Waals surface area contributed by atoms with Gasteiger partial charge in [0, 0.05) is 17.8 Å². The van der Waals surface area contributed by atoms with Gasteiger partial charge in [-0.3, -0.25) is 4.98 Å². The van der Waals surface area contributed by atoms with Crippen LogP contribution < -0.4 is 0 Å². The Labute approximate surface area is 109 Å². The van der Waals surface area contributed by atoms with E-state index < -0.39 is 5.97 Å². The molecule has 0 saturated heterocycles. The van der Waals surface area contributed by atoms with Gasteiger partial charge < -0.3 is 4.74 Å². The molecule has 0 aliphatic carbocycles. The van der Waals surface area contributed by atoms with Gasteiger partial charge in [-0.2, -0.15) is 5.10 Å². The number of pyridine rings is 1. The molecule has 5 nitrogen and oxygen atoms in total. The summed E-state index contributed by atoms with van der Waals surface area (Å²) in [6.45, 7) is 0. The highest BCUT2D eigenvalue weighted by Crippen LogP contribution is 2.20. The molecule has 0 unspecified atom stereocenters. The van der Waals surface area contributed by atoms with Crippen LogP contribution in [0.1, 0.15) is 10.4 Å². The predicted octanol–water partition coefficient (Wildman–Crippen LogP) is 2.21. The molecule has 0 radical (unpaired) electrons. The van der Waals surface area contributed by atoms with Crippen molar-refractivity contribution in [2.75, 3.05) is 7.11 Å². The smallest absolute Gasteiger partial charge is 0.341 e. The van der Waals surface area contributed by atoms with Crippen molar-refractivity contribution in [2.45, 2.75) is 0 Å². The van der Waals surface area contributed by atoms with Gasteiger partial charge in [0.05, 0.1) is 30.1 Å². The van der Waals surface area contributed by atoms with Gasteiger partial charge in [-0.15, -0.1) is 0 Å². The van der Waals surface area contributed by atoms with Crippen LogP contribution in [0.15, 0.2) is 48.9 Å². The standard InChI is InChI=1S/C14H11N3O2/c1-19-14(18)10-8-16-17(9-10)13-6-2-5-12-11(13)4-3-7-15-12/h2-9H,1H3. The average Bonchev–Trinajstić information content (AvgIpc) is 2.95. The minimum absolute atomic E-state index is 0.399. The van der Waals surface area contributed by atoms with Gasteiger partial charge in [0.15, 0.2) is 0 Å². The maximum absolute atomic E-state index is 11.4. The molecular formula is C14H11N3O2. The lowest BCUT2D eigenvalue weighted by Crippen LogP contribution is -1.99. The lowest BCUT2D eigenvalue weighted by molar-refractivity contribution is 0.0600. The second kappa shape index (κ2) is 4.53. The lowest BCUT2D eigenvalue weighted by atomic mass is 10.2. The number of rotatable bonds is 2. The third-order valence-electron chi connectivity index (χ3n) is 2.87. The van der Waals surface area contributed by atoms with E-state index in [-0.39, 0.29) is 0 Å². The average molecular weight is 253 g/mol. The molecule has 3 aromatic rings. The number of hydrogen-bond acceptors (Lipinski definition) is 4. The number of carbonyl (C=O) groups excluding carboxylic acids is 1. The Kier molecular flexibility index (Phi) is 2.72. The summed E-state index contributed by atoms with van der Waals surface area (Å²) in [7, 11) is 1.35. The van der Waals surface area contributed by atoms with E-state index in [1.54, 1.807) is 17.1 Å². The number of hydrogen-bond donors (Lipinski definition) is 0. The summed E-state index contributed by atoms with van der Waals surface area (Å²) in [5.74, 6) is -0.399. The molecule has 94 valence electrons. The van der Waals surface area contributed by atoms with Crippen LogP contribution >= 0.6 is 0 Å². The van der Waals surface area contributed by atoms with Crippen molar-refractivity contribution < 1.29 is 9.53 Å². The Hall–Kier alpha value is -2.69. The van der Waals surface area contributed by atoms with Crippen LogP contribution in [-0.2, 0) is 4.74 Å². The Morgan fingerprint density at radius 1 is 1.26 bits per heavy atom. The minimum Gasteiger partial charge on any atom is -0.465 e. The molecule has 0 atom stereocenters. The maximum atomic E-state index is 11.4. The zero-order valence-corrected chi connectivity index (χ0v) is 10.3. The molecule has 3 rings (SSSR count). The fraction of sp³-hybridized carbons (Fsp3) is 0.0714. The molecule has 2 aromatic heterocycles. The van der Waals surface area contributed by atoms with E-state index in [2.05, 4.69) is 14.8 Å². The molecule has 2 heterocycles. The second-order valence-corrected chi connectivity index (χ2v) is 4.01. The van der Waals surface area contributed by atoms with Crippen molar-refractivity contribution in [3.63, 3.8) is 0 Å². The molecule has 0 bridgehead atoms. The zero-order chi connectivity index (χ0) is 13.2. The van der Waals surface area contributed by atoms with Crippen molar-refractivity contribution in [1.29, 1.82) is 0 Å². The van der Waals surface area contributed by atoms with E-state index in [0.717, 1.165) is 16.6 Å². The highest BCUT2D eigenvalue weighted by Gasteiger charge is 2.10. The van der Waals surface area contributed by atoms with E-state index in [4.69, 9.17) is 0 Å². The number of esters is 1. The molecule has 19 heavy (non-hydrogen) atoms. The molecular weight excluding hydrogens is 242 g/mol. The number of methoxy groups -OCH3 is 1. The van der Waals surface area contributed by atoms with Crippen molar-refractivity contribution in [1.82, 2.24) is 14.8 Å². The SMILES string of the molecule is COC(=O)c1cnn(-c2cccc3ncccc23)c1. The number of carbonyl (C=O) groups is 1. The summed E-state index contributed by atoms with van der Waals surface area (Å²) in [5, 5.41) is 5.17. The number of nitrogens with zero attached hydrogens (tertiary/aromatic N) is 3. The van der Waals surface area contributed by atoms with Gasteiger partial charge in [0.25, 0.3) is 0 Å². The van der Waals surface area contributed by atoms with Crippen LogP contribution in [0.25, 0.3) is 16.6 Å². The summed E-state index contributed by atoms with van der Waals surface area (Å²) in [5.41, 5.74) is 2.18. The highest BCUT2D eigenvalue weighted by molar-refractivity contribution is 5.90. The Balaban J connectivity index is 2.14. The molecule has 0 N–H and O–H groups in total. The number of aromatic nitrogens is 3. The third kappa shape index (κ3) is 1.95. The van der Waals surface area contributed by atoms with Gasteiger partial charge in [-0.25, -0.2) is 9.48 Å². The van der Waals surface area contributed by atoms with Crippen LogP contribution in [0.5, 0.6) is 0 Å². The first kappa shape index (κ1) is 11.4. The van der Waals surface area contributed by atoms with Gasteiger partial charge in [0.2, 0.25) is 0 Å². The van der Waals surface area contributed by atoms with E-state index in [1.165, 1.54) is 13.3 Å². The summed E-state index contributed by atoms with van der Waals surface area (Å²) >= 11 is 0. The molecule has 0 aliphatic heterocycles. The predicted molar refractivity (Wildman–Crippen MR) is 70.2 cm³/mol. The van der Waals surface area contributed by atoms with Crippen LogP contribution in [-0.4, -0.2) is 27.8 Å². The summed E-state index contributed by atoms with van der Waals surface area (Å²) in [4.78, 5) is 15.7. The zero-order valence-electron chi connectivity index (χ0n) is 10.3. The lowest BCUT2D eigenvalue weighted by Gasteiger charge is -2.05. The minimum atomic E-state index is -0.399. The number of benzene rings is 1. The summed E-state index contributed by atoms with van der Waals surface area (Å²) in [6, 6.07) is 9.61. The van der Waals surface area contributed by atoms with E-state index in [1.807, 2.05) is 30.3 Å². The monoisotopic (exact) mass is 253 g/mol. The topological polar surface area (TPSA) is 57.0 Å². The number of ether oxygens (including phenoxy) is 1. The van der Waals surface area contributed by atoms with Crippen molar-refractivity contribution in [3.05, 3.63) is 54.5 Å². The molecule has 0 saturated carbocycles. The Morgan fingerprint density at radius 3 is 3.00 bits per heavy atom. The fourth-order valence-electron chi connectivity index (χ4n) is 1.96. The quantitative estimate of drug-likeness (QED) is 0.657. The first-order chi connectivity index (χ1) is 9.29. The second-order valence-electron chi connectivity index (χ2n) is 4.01. The summed E-state index contributed by atoms with van der Waals surface area (Å²) in [6.07, 6.45) is 4.88. The van der Waals surface area contributed by atoms with Gasteiger partial charge >= 0.3 is 5.97 Å². The molecule has 0 aliphatic rings. The van der Waals surface area contributed by atoms with E-state index >= 15 is 0 Å². The van der Waals surface area contributed by atoms with Crippen LogP contribution in [0.4, 0.5) is 0 Å². The number of fused-ring (bicyclic) bond motifs is 1. The maximum Gasteiger partial charge on any atom is 0.341 e. The molecule has 0 spiro atoms. The first-order valence-electron chi connectivity index (χ1n) is 5.77. The van der Waals surface area contributed by atoms with Gasteiger partial charge in [0.1, 0.15) is 0 Å². The van der Waals surface area contributed by atoms with Crippen molar-refractivity contribution >= 4 is 16.9 Å². The van der Waals surface area contributed by atoms with Crippen molar-refractivity contribution in [2.24, 2.45) is 0 Å². The first-order valence-corrected chi connectivity index (χ1v) is 5.77. The largest absolute Gasteiger partial charge is 0.465 e. The highest BCUT2D eigenvalue weighted by atomic mass is 16.5. The van der Waals surface area contributed by atoms with E-state index in [0.29, 0.717) is 5.56 Å². The van der Waals surface area contributed by atoms with Crippen LogP contribution in [0, 0.1) is 0 Å². The molecule has 0 amide bonds. The van der Waals surface area contributed by atoms with Crippen molar-refractivity contribution in [3.8, 4) is 5.69 Å². The normalized spacial score (nSPS) is 10.6. The van der Waals surface area contributed by atoms with Crippen LogP contribution in [0.2, 0.25) is 0 Å². The fourth-order valence-corrected chi connectivity index (χ4v) is 1.96. The van der Waals surface area contributed by atoms with Crippen LogP contribution in [0.3, 0.4) is 0 Å². The summed E-state index contributed by atoms with van der Waals surface area (Å²) < 4.78 is 6.32. The molecule has 1 aromatic carbocycles. The molecule has 5 heteroatoms. The Morgan fingerprint density at radius 2 is 2.16 bits per heavy atom. The Bertz CT molecular complexity index is 744. The van der Waals surface area contributed by atoms with Gasteiger partial charge in [-0.1, -0.05) is 6.07 Å². The molecule has 0 fully saturated rings. The van der Waals surface area contributed by atoms with E-state index in [9.17, 15) is 4.79 Å².